The zero-order valence-corrected chi connectivity index (χ0v) is 18.3. The first-order valence-electron chi connectivity index (χ1n) is 10.5. The van der Waals surface area contributed by atoms with Crippen LogP contribution >= 0.6 is 11.6 Å². The number of nitrogens with zero attached hydrogens (tertiary/aromatic N) is 2. The Bertz CT molecular complexity index is 1400. The molecule has 0 saturated carbocycles. The van der Waals surface area contributed by atoms with Crippen molar-refractivity contribution in [3.8, 4) is 33.9 Å². The fourth-order valence-corrected chi connectivity index (χ4v) is 3.88. The lowest BCUT2D eigenvalue weighted by atomic mass is 10.1. The van der Waals surface area contributed by atoms with Gasteiger partial charge in [-0.1, -0.05) is 103 Å². The summed E-state index contributed by atoms with van der Waals surface area (Å²) in [5.41, 5.74) is 4.23. The zero-order chi connectivity index (χ0) is 22.6. The second kappa shape index (κ2) is 9.15. The number of hydrogen-bond donors (Lipinski definition) is 0. The van der Waals surface area contributed by atoms with Gasteiger partial charge in [0.15, 0.2) is 5.82 Å². The van der Waals surface area contributed by atoms with Crippen LogP contribution in [-0.2, 0) is 0 Å². The van der Waals surface area contributed by atoms with Crippen LogP contribution in [0.3, 0.4) is 0 Å². The van der Waals surface area contributed by atoms with E-state index in [0.717, 1.165) is 11.1 Å². The van der Waals surface area contributed by atoms with Gasteiger partial charge in [0, 0.05) is 16.7 Å². The number of carbonyl (C=O) groups is 1. The van der Waals surface area contributed by atoms with Crippen LogP contribution in [0.25, 0.3) is 33.9 Å². The van der Waals surface area contributed by atoms with Crippen molar-refractivity contribution < 1.29 is 9.63 Å². The topological polar surface area (TPSA) is 44.1 Å². The molecule has 1 aromatic heterocycles. The van der Waals surface area contributed by atoms with E-state index in [-0.39, 0.29) is 0 Å². The van der Waals surface area contributed by atoms with Gasteiger partial charge in [-0.25, -0.2) is 9.78 Å². The van der Waals surface area contributed by atoms with Crippen molar-refractivity contribution in [3.63, 3.8) is 0 Å². The normalized spacial score (nSPS) is 10.7. The third kappa shape index (κ3) is 4.16. The zero-order valence-electron chi connectivity index (χ0n) is 17.6. The Balaban J connectivity index is 1.78. The average molecular weight is 451 g/mol. The number of aromatic nitrogens is 2. The highest BCUT2D eigenvalue weighted by Gasteiger charge is 2.25. The van der Waals surface area contributed by atoms with Crippen LogP contribution in [0.4, 0.5) is 0 Å². The molecule has 5 heteroatoms. The van der Waals surface area contributed by atoms with E-state index in [0.29, 0.717) is 33.4 Å². The molecule has 0 unspecified atom stereocenters. The summed E-state index contributed by atoms with van der Waals surface area (Å²) >= 11 is 6.54. The first-order chi connectivity index (χ1) is 16.2. The second-order valence-corrected chi connectivity index (χ2v) is 7.79. The van der Waals surface area contributed by atoms with Gasteiger partial charge >= 0.3 is 5.97 Å². The molecule has 0 saturated heterocycles. The van der Waals surface area contributed by atoms with Crippen molar-refractivity contribution in [2.45, 2.75) is 0 Å². The molecular formula is C28H19ClN2O2. The first-order valence-corrected chi connectivity index (χ1v) is 10.9. The molecule has 0 atom stereocenters. The number of benzene rings is 4. The second-order valence-electron chi connectivity index (χ2n) is 7.38. The molecule has 4 aromatic carbocycles. The van der Waals surface area contributed by atoms with E-state index in [4.69, 9.17) is 21.4 Å². The molecule has 0 aliphatic rings. The molecule has 0 amide bonds. The largest absolute Gasteiger partial charge is 0.363 e. The highest BCUT2D eigenvalue weighted by molar-refractivity contribution is 6.33. The maximum absolute atomic E-state index is 13.1. The van der Waals surface area contributed by atoms with Gasteiger partial charge in [0.1, 0.15) is 11.4 Å². The number of rotatable bonds is 5. The van der Waals surface area contributed by atoms with Gasteiger partial charge in [-0.2, -0.15) is 4.73 Å². The van der Waals surface area contributed by atoms with Gasteiger partial charge in [-0.3, -0.25) is 0 Å². The van der Waals surface area contributed by atoms with E-state index < -0.39 is 5.97 Å². The van der Waals surface area contributed by atoms with Crippen LogP contribution < -0.4 is 4.84 Å². The maximum atomic E-state index is 13.1. The summed E-state index contributed by atoms with van der Waals surface area (Å²) in [6, 6.07) is 35.8. The molecule has 5 rings (SSSR count). The predicted molar refractivity (Wildman–Crippen MR) is 131 cm³/mol. The molecule has 1 heterocycles. The summed E-state index contributed by atoms with van der Waals surface area (Å²) in [7, 11) is 0. The van der Waals surface area contributed by atoms with Crippen LogP contribution in [-0.4, -0.2) is 15.7 Å². The minimum Gasteiger partial charge on any atom is -0.329 e. The van der Waals surface area contributed by atoms with E-state index in [1.165, 1.54) is 4.73 Å². The van der Waals surface area contributed by atoms with Gasteiger partial charge < -0.3 is 4.84 Å². The molecule has 0 bridgehead atoms. The van der Waals surface area contributed by atoms with Gasteiger partial charge in [0.25, 0.3) is 0 Å². The lowest BCUT2D eigenvalue weighted by molar-refractivity contribution is 0.0476. The Morgan fingerprint density at radius 2 is 1.24 bits per heavy atom. The summed E-state index contributed by atoms with van der Waals surface area (Å²) in [5.74, 6) is -0.0410. The van der Waals surface area contributed by atoms with Gasteiger partial charge in [-0.15, -0.1) is 0 Å². The molecule has 0 spiro atoms. The van der Waals surface area contributed by atoms with Crippen LogP contribution in [0, 0.1) is 0 Å². The maximum Gasteiger partial charge on any atom is 0.363 e. The van der Waals surface area contributed by atoms with E-state index in [1.807, 2.05) is 84.9 Å². The van der Waals surface area contributed by atoms with Crippen molar-refractivity contribution in [2.24, 2.45) is 0 Å². The van der Waals surface area contributed by atoms with Crippen molar-refractivity contribution >= 4 is 17.6 Å². The Hall–Kier alpha value is -4.15. The predicted octanol–water partition coefficient (Wildman–Crippen LogP) is 6.81. The van der Waals surface area contributed by atoms with E-state index in [1.54, 1.807) is 30.3 Å². The summed E-state index contributed by atoms with van der Waals surface area (Å²) in [4.78, 5) is 24.0. The quantitative estimate of drug-likeness (QED) is 0.295. The standard InChI is InChI=1S/C28H19ClN2O2/c29-24-19-11-10-18-23(24)27-30-25(20-12-4-1-5-13-20)26(21-14-6-2-7-15-21)31(27)33-28(32)22-16-8-3-9-17-22/h1-19H. The summed E-state index contributed by atoms with van der Waals surface area (Å²) < 4.78 is 1.49. The fourth-order valence-electron chi connectivity index (χ4n) is 3.66. The van der Waals surface area contributed by atoms with Crippen molar-refractivity contribution in [2.75, 3.05) is 0 Å². The molecule has 0 radical (unpaired) electrons. The molecule has 33 heavy (non-hydrogen) atoms. The van der Waals surface area contributed by atoms with Crippen LogP contribution in [0.15, 0.2) is 115 Å². The highest BCUT2D eigenvalue weighted by atomic mass is 35.5. The highest BCUT2D eigenvalue weighted by Crippen LogP contribution is 2.37. The van der Waals surface area contributed by atoms with Crippen LogP contribution in [0.1, 0.15) is 10.4 Å². The summed E-state index contributed by atoms with van der Waals surface area (Å²) in [6.45, 7) is 0. The first kappa shape index (κ1) is 20.7. The SMILES string of the molecule is O=C(On1c(-c2ccccc2Cl)nc(-c2ccccc2)c1-c1ccccc1)c1ccccc1. The monoisotopic (exact) mass is 450 g/mol. The number of imidazole rings is 1. The number of hydrogen-bond acceptors (Lipinski definition) is 3. The van der Waals surface area contributed by atoms with Crippen molar-refractivity contribution in [1.29, 1.82) is 0 Å². The minimum absolute atomic E-state index is 0.441. The minimum atomic E-state index is -0.488. The molecule has 0 fully saturated rings. The van der Waals surface area contributed by atoms with Gasteiger partial charge in [-0.05, 0) is 24.3 Å². The Morgan fingerprint density at radius 1 is 0.697 bits per heavy atom. The fraction of sp³-hybridized carbons (Fsp3) is 0. The van der Waals surface area contributed by atoms with E-state index in [9.17, 15) is 4.79 Å². The number of halogens is 1. The summed E-state index contributed by atoms with van der Waals surface area (Å²) in [6.07, 6.45) is 0. The lowest BCUT2D eigenvalue weighted by Gasteiger charge is -2.13. The number of carbonyl (C=O) groups excluding carboxylic acids is 1. The Kier molecular flexibility index (Phi) is 5.75. The molecular weight excluding hydrogens is 432 g/mol. The molecule has 0 aliphatic heterocycles. The molecule has 4 nitrogen and oxygen atoms in total. The molecule has 5 aromatic rings. The van der Waals surface area contributed by atoms with Gasteiger partial charge in [0.2, 0.25) is 0 Å². The smallest absolute Gasteiger partial charge is 0.329 e. The van der Waals surface area contributed by atoms with Crippen molar-refractivity contribution in [3.05, 3.63) is 126 Å². The van der Waals surface area contributed by atoms with E-state index in [2.05, 4.69) is 0 Å². The molecule has 0 aliphatic carbocycles. The Labute approximate surface area is 196 Å². The van der Waals surface area contributed by atoms with Crippen molar-refractivity contribution in [1.82, 2.24) is 9.71 Å². The lowest BCUT2D eigenvalue weighted by Crippen LogP contribution is -2.21. The van der Waals surface area contributed by atoms with Crippen LogP contribution in [0.5, 0.6) is 0 Å². The molecule has 160 valence electrons. The van der Waals surface area contributed by atoms with E-state index >= 15 is 0 Å². The Morgan fingerprint density at radius 3 is 1.88 bits per heavy atom. The average Bonchev–Trinajstić information content (AvgIpc) is 3.24. The summed E-state index contributed by atoms with van der Waals surface area (Å²) in [5, 5.41) is 0.513. The molecule has 0 N–H and O–H groups in total. The third-order valence-corrected chi connectivity index (χ3v) is 5.56. The third-order valence-electron chi connectivity index (χ3n) is 5.23. The van der Waals surface area contributed by atoms with Crippen LogP contribution in [0.2, 0.25) is 5.02 Å². The van der Waals surface area contributed by atoms with Gasteiger partial charge in [0.05, 0.1) is 10.6 Å².